The number of carbonyl (C=O) groups excluding carboxylic acids is 1. The molecule has 0 atom stereocenters. The lowest BCUT2D eigenvalue weighted by Crippen LogP contribution is -2.56. The summed E-state index contributed by atoms with van der Waals surface area (Å²) < 4.78 is 7.52. The number of amides is 1. The predicted octanol–water partition coefficient (Wildman–Crippen LogP) is -0.371. The van der Waals surface area contributed by atoms with Gasteiger partial charge in [-0.2, -0.15) is 0 Å². The minimum atomic E-state index is -0.0569. The summed E-state index contributed by atoms with van der Waals surface area (Å²) in [6.45, 7) is 13.1. The number of hydrogen-bond donors (Lipinski definition) is 1. The van der Waals surface area contributed by atoms with Gasteiger partial charge in [-0.25, -0.2) is 0 Å². The van der Waals surface area contributed by atoms with Gasteiger partial charge in [-0.05, 0) is 20.8 Å². The van der Waals surface area contributed by atoms with Crippen molar-refractivity contribution in [2.75, 3.05) is 45.9 Å². The zero-order valence-corrected chi connectivity index (χ0v) is 14.9. The summed E-state index contributed by atoms with van der Waals surface area (Å²) in [6, 6.07) is 0. The summed E-state index contributed by atoms with van der Waals surface area (Å²) in [6.07, 6.45) is 0. The standard InChI is InChI=1S/C16H28N6O2/c1-13-18-19-14-10-20(4-5-22(13)14)11-15(23)17-12-16(2,3)21-6-8-24-9-7-21/h4-12H2,1-3H3,(H,17,23). The maximum Gasteiger partial charge on any atom is 0.234 e. The summed E-state index contributed by atoms with van der Waals surface area (Å²) in [5, 5.41) is 11.4. The Balaban J connectivity index is 1.46. The normalized spacial score (nSPS) is 20.0. The largest absolute Gasteiger partial charge is 0.379 e. The molecular formula is C16H28N6O2. The van der Waals surface area contributed by atoms with Gasteiger partial charge in [-0.3, -0.25) is 14.6 Å². The van der Waals surface area contributed by atoms with Crippen LogP contribution in [0.1, 0.15) is 25.5 Å². The number of ether oxygens (including phenoxy) is 1. The molecule has 1 saturated heterocycles. The quantitative estimate of drug-likeness (QED) is 0.791. The van der Waals surface area contributed by atoms with Gasteiger partial charge in [0.25, 0.3) is 0 Å². The van der Waals surface area contributed by atoms with E-state index in [-0.39, 0.29) is 11.4 Å². The van der Waals surface area contributed by atoms with Crippen LogP contribution in [0.25, 0.3) is 0 Å². The lowest BCUT2D eigenvalue weighted by atomic mass is 10.0. The number of hydrogen-bond acceptors (Lipinski definition) is 6. The molecule has 134 valence electrons. The summed E-state index contributed by atoms with van der Waals surface area (Å²) >= 11 is 0. The average molecular weight is 336 g/mol. The summed E-state index contributed by atoms with van der Waals surface area (Å²) in [5.74, 6) is 1.96. The summed E-state index contributed by atoms with van der Waals surface area (Å²) in [4.78, 5) is 16.8. The van der Waals surface area contributed by atoms with Crippen LogP contribution in [0.2, 0.25) is 0 Å². The smallest absolute Gasteiger partial charge is 0.234 e. The monoisotopic (exact) mass is 336 g/mol. The molecule has 3 heterocycles. The van der Waals surface area contributed by atoms with Gasteiger partial charge in [0.1, 0.15) is 11.6 Å². The third-order valence-electron chi connectivity index (χ3n) is 4.97. The van der Waals surface area contributed by atoms with Crippen LogP contribution in [-0.2, 0) is 22.6 Å². The van der Waals surface area contributed by atoms with Crippen molar-refractivity contribution in [2.45, 2.75) is 39.4 Å². The van der Waals surface area contributed by atoms with E-state index in [0.717, 1.165) is 51.0 Å². The molecule has 0 aromatic carbocycles. The van der Waals surface area contributed by atoms with Crippen molar-refractivity contribution in [3.63, 3.8) is 0 Å². The van der Waals surface area contributed by atoms with E-state index >= 15 is 0 Å². The highest BCUT2D eigenvalue weighted by molar-refractivity contribution is 5.78. The molecular weight excluding hydrogens is 308 g/mol. The molecule has 1 aromatic rings. The molecule has 0 spiro atoms. The van der Waals surface area contributed by atoms with Gasteiger partial charge in [0.05, 0.1) is 26.3 Å². The highest BCUT2D eigenvalue weighted by Crippen LogP contribution is 2.15. The van der Waals surface area contributed by atoms with Crippen LogP contribution in [0.15, 0.2) is 0 Å². The highest BCUT2D eigenvalue weighted by Gasteiger charge is 2.29. The van der Waals surface area contributed by atoms with Crippen LogP contribution < -0.4 is 5.32 Å². The van der Waals surface area contributed by atoms with E-state index in [2.05, 4.69) is 43.7 Å². The zero-order valence-electron chi connectivity index (χ0n) is 14.9. The molecule has 1 N–H and O–H groups in total. The third kappa shape index (κ3) is 3.93. The van der Waals surface area contributed by atoms with E-state index in [0.29, 0.717) is 19.6 Å². The topological polar surface area (TPSA) is 75.5 Å². The first kappa shape index (κ1) is 17.3. The molecule has 1 aromatic heterocycles. The first-order valence-electron chi connectivity index (χ1n) is 8.66. The van der Waals surface area contributed by atoms with Crippen molar-refractivity contribution in [1.29, 1.82) is 0 Å². The van der Waals surface area contributed by atoms with E-state index in [4.69, 9.17) is 4.74 Å². The van der Waals surface area contributed by atoms with Gasteiger partial charge >= 0.3 is 0 Å². The molecule has 1 amide bonds. The second kappa shape index (κ2) is 7.16. The van der Waals surface area contributed by atoms with Crippen LogP contribution in [0.3, 0.4) is 0 Å². The molecule has 1 fully saturated rings. The molecule has 0 radical (unpaired) electrons. The summed E-state index contributed by atoms with van der Waals surface area (Å²) in [5.41, 5.74) is -0.0569. The lowest BCUT2D eigenvalue weighted by Gasteiger charge is -2.41. The highest BCUT2D eigenvalue weighted by atomic mass is 16.5. The minimum Gasteiger partial charge on any atom is -0.379 e. The molecule has 3 rings (SSSR count). The van der Waals surface area contributed by atoms with Gasteiger partial charge in [-0.1, -0.05) is 0 Å². The molecule has 0 saturated carbocycles. The van der Waals surface area contributed by atoms with Crippen molar-refractivity contribution in [3.05, 3.63) is 11.6 Å². The molecule has 0 bridgehead atoms. The van der Waals surface area contributed by atoms with Crippen LogP contribution >= 0.6 is 0 Å². The van der Waals surface area contributed by atoms with Crippen molar-refractivity contribution in [2.24, 2.45) is 0 Å². The molecule has 0 unspecified atom stereocenters. The fourth-order valence-corrected chi connectivity index (χ4v) is 3.34. The Labute approximate surface area is 143 Å². The fourth-order valence-electron chi connectivity index (χ4n) is 3.34. The van der Waals surface area contributed by atoms with E-state index < -0.39 is 0 Å². The number of carbonyl (C=O) groups is 1. The third-order valence-corrected chi connectivity index (χ3v) is 4.97. The Morgan fingerprint density at radius 1 is 1.21 bits per heavy atom. The number of nitrogens with one attached hydrogen (secondary N) is 1. The SMILES string of the molecule is Cc1nnc2n1CCN(CC(=O)NCC(C)(C)N1CCOCC1)C2. The number of rotatable bonds is 5. The van der Waals surface area contributed by atoms with E-state index in [9.17, 15) is 4.79 Å². The molecule has 0 aliphatic carbocycles. The number of nitrogens with zero attached hydrogens (tertiary/aromatic N) is 5. The maximum absolute atomic E-state index is 12.3. The summed E-state index contributed by atoms with van der Waals surface area (Å²) in [7, 11) is 0. The van der Waals surface area contributed by atoms with E-state index in [1.165, 1.54) is 0 Å². The predicted molar refractivity (Wildman–Crippen MR) is 89.5 cm³/mol. The molecule has 2 aliphatic heterocycles. The first-order valence-corrected chi connectivity index (χ1v) is 8.66. The fraction of sp³-hybridized carbons (Fsp3) is 0.812. The van der Waals surface area contributed by atoms with Gasteiger partial charge in [0, 0.05) is 38.3 Å². The Morgan fingerprint density at radius 2 is 1.96 bits per heavy atom. The van der Waals surface area contributed by atoms with Gasteiger partial charge in [-0.15, -0.1) is 10.2 Å². The molecule has 2 aliphatic rings. The molecule has 24 heavy (non-hydrogen) atoms. The van der Waals surface area contributed by atoms with Crippen molar-refractivity contribution in [3.8, 4) is 0 Å². The number of fused-ring (bicyclic) bond motifs is 1. The van der Waals surface area contributed by atoms with Gasteiger partial charge in [0.2, 0.25) is 5.91 Å². The number of aromatic nitrogens is 3. The van der Waals surface area contributed by atoms with Crippen molar-refractivity contribution in [1.82, 2.24) is 29.9 Å². The maximum atomic E-state index is 12.3. The lowest BCUT2D eigenvalue weighted by molar-refractivity contribution is -0.123. The molecule has 8 nitrogen and oxygen atoms in total. The Kier molecular flexibility index (Phi) is 5.17. The van der Waals surface area contributed by atoms with Crippen LogP contribution in [0.5, 0.6) is 0 Å². The zero-order chi connectivity index (χ0) is 17.2. The Bertz CT molecular complexity index is 579. The van der Waals surface area contributed by atoms with Crippen LogP contribution in [0, 0.1) is 6.92 Å². The van der Waals surface area contributed by atoms with Gasteiger partial charge in [0.15, 0.2) is 0 Å². The van der Waals surface area contributed by atoms with E-state index in [1.54, 1.807) is 0 Å². The van der Waals surface area contributed by atoms with Crippen molar-refractivity contribution >= 4 is 5.91 Å². The molecule has 8 heteroatoms. The second-order valence-electron chi connectivity index (χ2n) is 7.21. The van der Waals surface area contributed by atoms with E-state index in [1.807, 2.05) is 6.92 Å². The van der Waals surface area contributed by atoms with Gasteiger partial charge < -0.3 is 14.6 Å². The Hall–Kier alpha value is -1.51. The van der Waals surface area contributed by atoms with Crippen LogP contribution in [-0.4, -0.2) is 81.9 Å². The van der Waals surface area contributed by atoms with Crippen LogP contribution in [0.4, 0.5) is 0 Å². The first-order chi connectivity index (χ1) is 11.5. The Morgan fingerprint density at radius 3 is 2.71 bits per heavy atom. The number of aryl methyl sites for hydroxylation is 1. The van der Waals surface area contributed by atoms with Crippen molar-refractivity contribution < 1.29 is 9.53 Å². The average Bonchev–Trinajstić information content (AvgIpc) is 2.95. The number of morpholine rings is 1. The second-order valence-corrected chi connectivity index (χ2v) is 7.21. The minimum absolute atomic E-state index is 0.0569.